The zero-order valence-electron chi connectivity index (χ0n) is 21.2. The van der Waals surface area contributed by atoms with Gasteiger partial charge in [0, 0.05) is 44.5 Å². The molecule has 1 aliphatic carbocycles. The summed E-state index contributed by atoms with van der Waals surface area (Å²) in [5.74, 6) is 2.27. The molecule has 1 aromatic heterocycles. The van der Waals surface area contributed by atoms with E-state index < -0.39 is 11.7 Å². The smallest absolute Gasteiger partial charge is 0.420 e. The number of methoxy groups -OCH3 is 1. The lowest BCUT2D eigenvalue weighted by molar-refractivity contribution is -0.137. The SMILES string of the molecule is COc1cc(C)c(-c2cc(C(F)(F)F)c(N[C@H]3C[C@@H]4CN(CC5CCOCC5)C[C@@H]4C3)nn2)cc1C. The molecule has 3 heterocycles. The fraction of sp³-hybridized carbons (Fsp3) is 0.630. The number of nitrogens with one attached hydrogen (secondary N) is 1. The minimum absolute atomic E-state index is 0.0172. The first-order valence-corrected chi connectivity index (χ1v) is 12.9. The Kier molecular flexibility index (Phi) is 7.14. The molecule has 3 fully saturated rings. The summed E-state index contributed by atoms with van der Waals surface area (Å²) in [5, 5.41) is 11.4. The van der Waals surface area contributed by atoms with Crippen molar-refractivity contribution in [2.75, 3.05) is 45.3 Å². The van der Waals surface area contributed by atoms with E-state index >= 15 is 0 Å². The number of nitrogens with zero attached hydrogens (tertiary/aromatic N) is 3. The molecule has 1 saturated carbocycles. The van der Waals surface area contributed by atoms with E-state index in [2.05, 4.69) is 20.4 Å². The summed E-state index contributed by atoms with van der Waals surface area (Å²) >= 11 is 0. The summed E-state index contributed by atoms with van der Waals surface area (Å²) in [6.07, 6.45) is -0.544. The Balaban J connectivity index is 1.28. The van der Waals surface area contributed by atoms with Crippen molar-refractivity contribution < 1.29 is 22.6 Å². The summed E-state index contributed by atoms with van der Waals surface area (Å²) in [7, 11) is 1.57. The highest BCUT2D eigenvalue weighted by molar-refractivity contribution is 5.68. The van der Waals surface area contributed by atoms with Crippen molar-refractivity contribution in [3.8, 4) is 17.0 Å². The van der Waals surface area contributed by atoms with Crippen LogP contribution in [0.1, 0.15) is 42.4 Å². The van der Waals surface area contributed by atoms with Gasteiger partial charge < -0.3 is 19.7 Å². The third-order valence-corrected chi connectivity index (χ3v) is 8.14. The minimum atomic E-state index is -4.53. The fourth-order valence-corrected chi connectivity index (χ4v) is 6.28. The molecule has 196 valence electrons. The summed E-state index contributed by atoms with van der Waals surface area (Å²) in [4.78, 5) is 2.55. The monoisotopic (exact) mass is 504 g/mol. The van der Waals surface area contributed by atoms with Crippen molar-refractivity contribution in [1.82, 2.24) is 15.1 Å². The molecule has 5 rings (SSSR count). The van der Waals surface area contributed by atoms with E-state index in [1.807, 2.05) is 19.9 Å². The largest absolute Gasteiger partial charge is 0.496 e. The van der Waals surface area contributed by atoms with Crippen LogP contribution in [-0.4, -0.2) is 61.1 Å². The molecule has 2 aliphatic heterocycles. The zero-order valence-corrected chi connectivity index (χ0v) is 21.2. The van der Waals surface area contributed by atoms with Gasteiger partial charge in [0.05, 0.1) is 12.8 Å². The zero-order chi connectivity index (χ0) is 25.4. The first-order valence-electron chi connectivity index (χ1n) is 12.9. The van der Waals surface area contributed by atoms with Gasteiger partial charge in [-0.05, 0) is 86.6 Å². The molecule has 0 spiro atoms. The van der Waals surface area contributed by atoms with E-state index in [0.717, 1.165) is 75.7 Å². The third kappa shape index (κ3) is 5.32. The molecule has 0 amide bonds. The van der Waals surface area contributed by atoms with E-state index in [-0.39, 0.29) is 17.6 Å². The number of aromatic nitrogens is 2. The molecule has 1 N–H and O–H groups in total. The first-order chi connectivity index (χ1) is 17.2. The molecule has 0 bridgehead atoms. The van der Waals surface area contributed by atoms with Crippen LogP contribution in [0.3, 0.4) is 0 Å². The normalized spacial score (nSPS) is 25.2. The fourth-order valence-electron chi connectivity index (χ4n) is 6.28. The maximum atomic E-state index is 14.1. The number of likely N-dealkylation sites (tertiary alicyclic amines) is 1. The van der Waals surface area contributed by atoms with Crippen LogP contribution in [-0.2, 0) is 10.9 Å². The van der Waals surface area contributed by atoms with Crippen LogP contribution in [0.5, 0.6) is 5.75 Å². The first kappa shape index (κ1) is 25.3. The Labute approximate surface area is 210 Å². The average molecular weight is 505 g/mol. The third-order valence-electron chi connectivity index (χ3n) is 8.14. The molecular formula is C27H35F3N4O2. The molecule has 2 saturated heterocycles. The van der Waals surface area contributed by atoms with Gasteiger partial charge in [0.25, 0.3) is 0 Å². The molecule has 36 heavy (non-hydrogen) atoms. The Morgan fingerprint density at radius 1 is 1.03 bits per heavy atom. The van der Waals surface area contributed by atoms with Gasteiger partial charge in [-0.3, -0.25) is 0 Å². The van der Waals surface area contributed by atoms with Crippen LogP contribution in [0, 0.1) is 31.6 Å². The molecule has 3 aliphatic rings. The van der Waals surface area contributed by atoms with Crippen LogP contribution in [0.4, 0.5) is 19.0 Å². The predicted octanol–water partition coefficient (Wildman–Crippen LogP) is 5.34. The highest BCUT2D eigenvalue weighted by Crippen LogP contribution is 2.42. The topological polar surface area (TPSA) is 59.5 Å². The second-order valence-corrected chi connectivity index (χ2v) is 10.7. The molecule has 9 heteroatoms. The van der Waals surface area contributed by atoms with Crippen LogP contribution >= 0.6 is 0 Å². The van der Waals surface area contributed by atoms with E-state index in [1.165, 1.54) is 0 Å². The van der Waals surface area contributed by atoms with Crippen molar-refractivity contribution in [1.29, 1.82) is 0 Å². The van der Waals surface area contributed by atoms with E-state index in [0.29, 0.717) is 29.1 Å². The number of hydrogen-bond acceptors (Lipinski definition) is 6. The van der Waals surface area contributed by atoms with E-state index in [9.17, 15) is 13.2 Å². The number of anilines is 1. The van der Waals surface area contributed by atoms with Crippen LogP contribution in [0.15, 0.2) is 18.2 Å². The van der Waals surface area contributed by atoms with Gasteiger partial charge in [-0.2, -0.15) is 13.2 Å². The van der Waals surface area contributed by atoms with Gasteiger partial charge in [-0.1, -0.05) is 0 Å². The number of hydrogen-bond donors (Lipinski definition) is 1. The summed E-state index contributed by atoms with van der Waals surface area (Å²) < 4.78 is 53.0. The van der Waals surface area contributed by atoms with Crippen molar-refractivity contribution >= 4 is 5.82 Å². The van der Waals surface area contributed by atoms with Gasteiger partial charge >= 0.3 is 6.18 Å². The number of benzene rings is 1. The molecule has 0 radical (unpaired) electrons. The Morgan fingerprint density at radius 3 is 2.36 bits per heavy atom. The lowest BCUT2D eigenvalue weighted by atomic mass is 10.00. The van der Waals surface area contributed by atoms with E-state index in [1.54, 1.807) is 13.2 Å². The molecule has 0 unspecified atom stereocenters. The Bertz CT molecular complexity index is 1070. The van der Waals surface area contributed by atoms with E-state index in [4.69, 9.17) is 9.47 Å². The van der Waals surface area contributed by atoms with Crippen molar-refractivity contribution in [2.45, 2.75) is 51.7 Å². The standard InChI is InChI=1S/C27H35F3N4O2/c1-16-9-25(35-3)17(2)8-22(16)24-12-23(27(28,29)30)26(33-32-24)31-21-10-19-14-34(15-20(19)11-21)13-18-4-6-36-7-5-18/h8-9,12,18-21H,4-7,10-11,13-15H2,1-3H3,(H,31,33)/t19-,20+,21+. The van der Waals surface area contributed by atoms with Crippen LogP contribution in [0.2, 0.25) is 0 Å². The molecular weight excluding hydrogens is 469 g/mol. The second kappa shape index (κ2) is 10.2. The summed E-state index contributed by atoms with van der Waals surface area (Å²) in [6.45, 7) is 8.59. The van der Waals surface area contributed by atoms with Crippen molar-refractivity contribution in [3.05, 3.63) is 34.9 Å². The molecule has 6 nitrogen and oxygen atoms in total. The molecule has 2 aromatic rings. The average Bonchev–Trinajstić information content (AvgIpc) is 3.38. The van der Waals surface area contributed by atoms with Gasteiger partial charge in [-0.15, -0.1) is 10.2 Å². The number of ether oxygens (including phenoxy) is 2. The minimum Gasteiger partial charge on any atom is -0.496 e. The number of rotatable bonds is 6. The van der Waals surface area contributed by atoms with Crippen molar-refractivity contribution in [3.63, 3.8) is 0 Å². The Morgan fingerprint density at radius 2 is 1.72 bits per heavy atom. The quantitative estimate of drug-likeness (QED) is 0.573. The van der Waals surface area contributed by atoms with Crippen molar-refractivity contribution in [2.24, 2.45) is 17.8 Å². The van der Waals surface area contributed by atoms with Crippen LogP contribution < -0.4 is 10.1 Å². The number of alkyl halides is 3. The van der Waals surface area contributed by atoms with Gasteiger partial charge in [0.2, 0.25) is 0 Å². The predicted molar refractivity (Wildman–Crippen MR) is 132 cm³/mol. The number of fused-ring (bicyclic) bond motifs is 1. The maximum absolute atomic E-state index is 14.1. The van der Waals surface area contributed by atoms with Crippen LogP contribution in [0.25, 0.3) is 11.3 Å². The molecule has 1 aromatic carbocycles. The van der Waals surface area contributed by atoms with Gasteiger partial charge in [-0.25, -0.2) is 0 Å². The summed E-state index contributed by atoms with van der Waals surface area (Å²) in [5.41, 5.74) is 1.69. The lowest BCUT2D eigenvalue weighted by Gasteiger charge is -2.28. The number of aryl methyl sites for hydroxylation is 2. The second-order valence-electron chi connectivity index (χ2n) is 10.7. The lowest BCUT2D eigenvalue weighted by Crippen LogP contribution is -2.32. The maximum Gasteiger partial charge on any atom is 0.420 e. The number of halogens is 3. The highest BCUT2D eigenvalue weighted by Gasteiger charge is 2.43. The highest BCUT2D eigenvalue weighted by atomic mass is 19.4. The van der Waals surface area contributed by atoms with Gasteiger partial charge in [0.1, 0.15) is 11.3 Å². The molecule has 3 atom stereocenters. The van der Waals surface area contributed by atoms with Gasteiger partial charge in [0.15, 0.2) is 5.82 Å². The Hall–Kier alpha value is -2.39. The summed E-state index contributed by atoms with van der Waals surface area (Å²) in [6, 6.07) is 4.72.